The quantitative estimate of drug-likeness (QED) is 0.591. The Kier molecular flexibility index (Phi) is 8.50. The molecule has 1 aromatic heterocycles. The third-order valence-electron chi connectivity index (χ3n) is 5.41. The van der Waals surface area contributed by atoms with E-state index in [1.807, 2.05) is 19.1 Å². The van der Waals surface area contributed by atoms with Gasteiger partial charge >= 0.3 is 0 Å². The molecule has 0 saturated carbocycles. The number of likely N-dealkylation sites (tertiary alicyclic amines) is 1. The van der Waals surface area contributed by atoms with Crippen LogP contribution in [0.15, 0.2) is 29.6 Å². The summed E-state index contributed by atoms with van der Waals surface area (Å²) < 4.78 is 5.69. The van der Waals surface area contributed by atoms with Crippen molar-refractivity contribution in [1.82, 2.24) is 15.2 Å². The van der Waals surface area contributed by atoms with Crippen LogP contribution in [0, 0.1) is 12.8 Å². The van der Waals surface area contributed by atoms with Crippen molar-refractivity contribution in [2.24, 2.45) is 5.92 Å². The number of hydrogen-bond donors (Lipinski definition) is 1. The van der Waals surface area contributed by atoms with E-state index in [1.54, 1.807) is 11.3 Å². The number of hydrogen-bond acceptors (Lipinski definition) is 5. The average molecular weight is 416 g/mol. The lowest BCUT2D eigenvalue weighted by molar-refractivity contribution is -0.126. The summed E-state index contributed by atoms with van der Waals surface area (Å²) in [5.74, 6) is 1.26. The number of aromatic nitrogens is 1. The van der Waals surface area contributed by atoms with Crippen molar-refractivity contribution in [3.63, 3.8) is 0 Å². The molecule has 1 aliphatic rings. The predicted octanol–water partition coefficient (Wildman–Crippen LogP) is 4.20. The number of aryl methyl sites for hydroxylation is 1. The Morgan fingerprint density at radius 3 is 2.69 bits per heavy atom. The van der Waals surface area contributed by atoms with Crippen LogP contribution in [0.3, 0.4) is 0 Å². The number of thiazole rings is 1. The Morgan fingerprint density at radius 2 is 2.03 bits per heavy atom. The highest BCUT2D eigenvalue weighted by molar-refractivity contribution is 7.09. The van der Waals surface area contributed by atoms with Gasteiger partial charge in [-0.2, -0.15) is 0 Å². The summed E-state index contributed by atoms with van der Waals surface area (Å²) in [5, 5.41) is 6.38. The fourth-order valence-corrected chi connectivity index (χ4v) is 4.23. The minimum absolute atomic E-state index is 0.137. The topological polar surface area (TPSA) is 54.5 Å². The first-order valence-electron chi connectivity index (χ1n) is 10.8. The van der Waals surface area contributed by atoms with Crippen molar-refractivity contribution in [1.29, 1.82) is 0 Å². The molecule has 0 atom stereocenters. The lowest BCUT2D eigenvalue weighted by Gasteiger charge is -2.30. The summed E-state index contributed by atoms with van der Waals surface area (Å²) in [4.78, 5) is 19.4. The molecule has 6 heteroatoms. The zero-order valence-corrected chi connectivity index (χ0v) is 18.5. The van der Waals surface area contributed by atoms with Crippen LogP contribution in [0.2, 0.25) is 0 Å². The van der Waals surface area contributed by atoms with Crippen molar-refractivity contribution in [2.45, 2.75) is 52.5 Å². The Balaban J connectivity index is 1.32. The fourth-order valence-electron chi connectivity index (χ4n) is 3.62. The first-order valence-corrected chi connectivity index (χ1v) is 11.6. The molecule has 1 saturated heterocycles. The molecule has 2 aromatic rings. The second-order valence-corrected chi connectivity index (χ2v) is 8.86. The number of rotatable bonds is 10. The van der Waals surface area contributed by atoms with Crippen molar-refractivity contribution in [3.8, 4) is 5.75 Å². The number of nitrogens with zero attached hydrogens (tertiary/aromatic N) is 2. The van der Waals surface area contributed by atoms with E-state index in [1.165, 1.54) is 5.56 Å². The minimum Gasteiger partial charge on any atom is -0.494 e. The average Bonchev–Trinajstić information content (AvgIpc) is 3.14. The molecule has 3 rings (SSSR count). The maximum Gasteiger partial charge on any atom is 0.223 e. The Bertz CT molecular complexity index is 752. The van der Waals surface area contributed by atoms with Crippen molar-refractivity contribution < 1.29 is 9.53 Å². The van der Waals surface area contributed by atoms with E-state index < -0.39 is 0 Å². The van der Waals surface area contributed by atoms with Gasteiger partial charge in [-0.25, -0.2) is 4.98 Å². The normalized spacial score (nSPS) is 15.4. The number of amides is 1. The summed E-state index contributed by atoms with van der Waals surface area (Å²) in [5.41, 5.74) is 2.37. The number of carbonyl (C=O) groups excluding carboxylic acids is 1. The number of nitrogens with one attached hydrogen (secondary N) is 1. The van der Waals surface area contributed by atoms with Gasteiger partial charge < -0.3 is 10.1 Å². The molecule has 158 valence electrons. The van der Waals surface area contributed by atoms with E-state index in [2.05, 4.69) is 39.6 Å². The highest BCUT2D eigenvalue weighted by Crippen LogP contribution is 2.20. The molecule has 1 N–H and O–H groups in total. The maximum atomic E-state index is 12.5. The van der Waals surface area contributed by atoms with Gasteiger partial charge in [0.15, 0.2) is 0 Å². The maximum absolute atomic E-state index is 12.5. The Hall–Kier alpha value is -1.92. The molecule has 2 heterocycles. The summed E-state index contributed by atoms with van der Waals surface area (Å²) in [6.07, 6.45) is 4.93. The van der Waals surface area contributed by atoms with Crippen LogP contribution in [0.1, 0.15) is 48.9 Å². The molecular formula is C23H33N3O2S. The van der Waals surface area contributed by atoms with Crippen molar-refractivity contribution in [3.05, 3.63) is 45.9 Å². The second-order valence-electron chi connectivity index (χ2n) is 7.80. The van der Waals surface area contributed by atoms with Gasteiger partial charge in [-0.05, 0) is 63.4 Å². The van der Waals surface area contributed by atoms with Crippen LogP contribution < -0.4 is 10.1 Å². The third kappa shape index (κ3) is 7.12. The number of unbranched alkanes of at least 4 members (excludes halogenated alkanes) is 1. The highest BCUT2D eigenvalue weighted by atomic mass is 32.1. The molecule has 1 aromatic carbocycles. The van der Waals surface area contributed by atoms with Gasteiger partial charge in [-0.1, -0.05) is 25.5 Å². The van der Waals surface area contributed by atoms with Crippen LogP contribution in [0.5, 0.6) is 5.75 Å². The highest BCUT2D eigenvalue weighted by Gasteiger charge is 2.25. The zero-order valence-electron chi connectivity index (χ0n) is 17.7. The van der Waals surface area contributed by atoms with Crippen LogP contribution in [0.25, 0.3) is 0 Å². The van der Waals surface area contributed by atoms with Gasteiger partial charge in [0.05, 0.1) is 17.3 Å². The molecule has 1 fully saturated rings. The fraction of sp³-hybridized carbons (Fsp3) is 0.565. The predicted molar refractivity (Wildman–Crippen MR) is 118 cm³/mol. The van der Waals surface area contributed by atoms with Crippen LogP contribution in [-0.4, -0.2) is 42.0 Å². The molecular weight excluding hydrogens is 382 g/mol. The molecule has 0 radical (unpaired) electrons. The zero-order chi connectivity index (χ0) is 20.5. The SMILES string of the molecule is CCCCOc1ccc(CCNC(=O)C2CCN(Cc3csc(C)n3)CC2)cc1. The smallest absolute Gasteiger partial charge is 0.223 e. The van der Waals surface area contributed by atoms with Crippen LogP contribution >= 0.6 is 11.3 Å². The molecule has 0 bridgehead atoms. The van der Waals surface area contributed by atoms with E-state index in [4.69, 9.17) is 4.74 Å². The molecule has 1 aliphatic heterocycles. The van der Waals surface area contributed by atoms with Crippen LogP contribution in [-0.2, 0) is 17.8 Å². The van der Waals surface area contributed by atoms with E-state index in [0.29, 0.717) is 6.54 Å². The Labute approximate surface area is 178 Å². The molecule has 0 spiro atoms. The van der Waals surface area contributed by atoms with E-state index in [-0.39, 0.29) is 11.8 Å². The first kappa shape index (κ1) is 21.8. The number of ether oxygens (including phenoxy) is 1. The minimum atomic E-state index is 0.137. The summed E-state index contributed by atoms with van der Waals surface area (Å²) in [6, 6.07) is 8.22. The number of carbonyl (C=O) groups is 1. The van der Waals surface area contributed by atoms with Crippen molar-refractivity contribution >= 4 is 17.2 Å². The van der Waals surface area contributed by atoms with Gasteiger partial charge in [0.1, 0.15) is 5.75 Å². The third-order valence-corrected chi connectivity index (χ3v) is 6.24. The largest absolute Gasteiger partial charge is 0.494 e. The second kappa shape index (κ2) is 11.3. The van der Waals surface area contributed by atoms with Gasteiger partial charge in [-0.15, -0.1) is 11.3 Å². The monoisotopic (exact) mass is 415 g/mol. The standard InChI is InChI=1S/C23H33N3O2S/c1-3-4-15-28-22-7-5-19(6-8-22)9-12-24-23(27)20-10-13-26(14-11-20)16-21-17-29-18(2)25-21/h5-8,17,20H,3-4,9-16H2,1-2H3,(H,24,27). The van der Waals surface area contributed by atoms with Gasteiger partial charge in [0.2, 0.25) is 5.91 Å². The van der Waals surface area contributed by atoms with Gasteiger partial charge in [-0.3, -0.25) is 9.69 Å². The van der Waals surface area contributed by atoms with E-state index >= 15 is 0 Å². The Morgan fingerprint density at radius 1 is 1.28 bits per heavy atom. The lowest BCUT2D eigenvalue weighted by atomic mass is 9.95. The summed E-state index contributed by atoms with van der Waals surface area (Å²) in [7, 11) is 0. The van der Waals surface area contributed by atoms with Crippen molar-refractivity contribution in [2.75, 3.05) is 26.2 Å². The molecule has 5 nitrogen and oxygen atoms in total. The molecule has 29 heavy (non-hydrogen) atoms. The first-order chi connectivity index (χ1) is 14.1. The number of piperidine rings is 1. The van der Waals surface area contributed by atoms with Gasteiger partial charge in [0, 0.05) is 24.4 Å². The van der Waals surface area contributed by atoms with E-state index in [9.17, 15) is 4.79 Å². The summed E-state index contributed by atoms with van der Waals surface area (Å²) >= 11 is 1.70. The van der Waals surface area contributed by atoms with E-state index in [0.717, 1.165) is 74.8 Å². The number of benzene rings is 1. The van der Waals surface area contributed by atoms with Gasteiger partial charge in [0.25, 0.3) is 0 Å². The lowest BCUT2D eigenvalue weighted by Crippen LogP contribution is -2.40. The molecule has 1 amide bonds. The van der Waals surface area contributed by atoms with Crippen LogP contribution in [0.4, 0.5) is 0 Å². The summed E-state index contributed by atoms with van der Waals surface area (Å²) in [6.45, 7) is 8.49. The molecule has 0 aliphatic carbocycles. The molecule has 0 unspecified atom stereocenters.